The van der Waals surface area contributed by atoms with Gasteiger partial charge in [0.05, 0.1) is 13.1 Å². The molecular formula is C18H27NO2. The van der Waals surface area contributed by atoms with Crippen LogP contribution in [0, 0.1) is 0 Å². The van der Waals surface area contributed by atoms with Crippen LogP contribution < -0.4 is 5.11 Å². The molecule has 1 aromatic rings. The van der Waals surface area contributed by atoms with Gasteiger partial charge in [-0.05, 0) is 24.5 Å². The van der Waals surface area contributed by atoms with Crippen LogP contribution >= 0.6 is 0 Å². The Balaban J connectivity index is 2.79. The summed E-state index contributed by atoms with van der Waals surface area (Å²) in [6.07, 6.45) is 6.84. The van der Waals surface area contributed by atoms with E-state index in [9.17, 15) is 9.90 Å². The van der Waals surface area contributed by atoms with Gasteiger partial charge in [-0.25, -0.2) is 0 Å². The molecule has 0 aromatic heterocycles. The summed E-state index contributed by atoms with van der Waals surface area (Å²) in [5.74, 6) is 0. The zero-order valence-corrected chi connectivity index (χ0v) is 13.3. The summed E-state index contributed by atoms with van der Waals surface area (Å²) in [5, 5.41) is 11.7. The van der Waals surface area contributed by atoms with E-state index < -0.39 is 6.09 Å². The average Bonchev–Trinajstić information content (AvgIpc) is 2.50. The van der Waals surface area contributed by atoms with Crippen molar-refractivity contribution < 1.29 is 14.4 Å². The minimum Gasteiger partial charge on any atom is -0.498 e. The summed E-state index contributed by atoms with van der Waals surface area (Å²) in [6, 6.07) is 9.97. The largest absolute Gasteiger partial charge is 0.498 e. The Hall–Kier alpha value is -1.61. The highest BCUT2D eigenvalue weighted by Crippen LogP contribution is 2.13. The maximum absolute atomic E-state index is 11.7. The second kappa shape index (κ2) is 9.35. The predicted octanol–water partition coefficient (Wildman–Crippen LogP) is 3.46. The number of carbonyl (C=O) groups is 1. The van der Waals surface area contributed by atoms with E-state index >= 15 is 0 Å². The number of benzene rings is 1. The Labute approximate surface area is 128 Å². The van der Waals surface area contributed by atoms with Crippen LogP contribution in [0.5, 0.6) is 0 Å². The van der Waals surface area contributed by atoms with Gasteiger partial charge in [0.1, 0.15) is 6.54 Å². The van der Waals surface area contributed by atoms with Gasteiger partial charge < -0.3 is 9.90 Å². The number of amides is 1. The van der Waals surface area contributed by atoms with Crippen molar-refractivity contribution in [1.29, 1.82) is 0 Å². The van der Waals surface area contributed by atoms with Crippen molar-refractivity contribution in [2.45, 2.75) is 39.5 Å². The normalized spacial score (nSPS) is 11.9. The number of carboxylic acid groups (broad SMARTS) is 1. The zero-order valence-electron chi connectivity index (χ0n) is 13.3. The molecule has 3 heteroatoms. The SMILES string of the molecule is CCCC[N+](CC=Cc1ccccc1)(CCCC)C(=O)[O-]. The Kier molecular flexibility index (Phi) is 7.76. The quantitative estimate of drug-likeness (QED) is 0.653. The molecule has 0 unspecified atom stereocenters. The smallest absolute Gasteiger partial charge is 0.257 e. The predicted molar refractivity (Wildman–Crippen MR) is 85.5 cm³/mol. The first-order valence-corrected chi connectivity index (χ1v) is 7.94. The topological polar surface area (TPSA) is 40.1 Å². The lowest BCUT2D eigenvalue weighted by Gasteiger charge is -2.37. The lowest BCUT2D eigenvalue weighted by Crippen LogP contribution is -2.59. The van der Waals surface area contributed by atoms with E-state index in [-0.39, 0.29) is 4.48 Å². The zero-order chi connectivity index (χ0) is 15.6. The summed E-state index contributed by atoms with van der Waals surface area (Å²) in [7, 11) is 0. The van der Waals surface area contributed by atoms with E-state index in [0.29, 0.717) is 19.6 Å². The minimum absolute atomic E-state index is 0.0466. The number of nitrogens with zero attached hydrogens (tertiary/aromatic N) is 1. The standard InChI is InChI=1S/C18H27NO2/c1-3-5-14-19(18(20)21,15-6-4-2)16-10-13-17-11-8-7-9-12-17/h7-13H,3-6,14-16H2,1-2H3. The van der Waals surface area contributed by atoms with Crippen LogP contribution in [0.4, 0.5) is 4.79 Å². The van der Waals surface area contributed by atoms with Gasteiger partial charge in [-0.1, -0.05) is 63.1 Å². The van der Waals surface area contributed by atoms with Crippen LogP contribution in [0.1, 0.15) is 45.1 Å². The summed E-state index contributed by atoms with van der Waals surface area (Å²) in [6.45, 7) is 5.97. The van der Waals surface area contributed by atoms with Crippen molar-refractivity contribution in [2.24, 2.45) is 0 Å². The summed E-state index contributed by atoms with van der Waals surface area (Å²) < 4.78 is 0.0466. The second-order valence-electron chi connectivity index (χ2n) is 5.56. The summed E-state index contributed by atoms with van der Waals surface area (Å²) >= 11 is 0. The highest BCUT2D eigenvalue weighted by molar-refractivity contribution is 5.55. The van der Waals surface area contributed by atoms with Crippen LogP contribution in [0.25, 0.3) is 6.08 Å². The van der Waals surface area contributed by atoms with Crippen molar-refractivity contribution in [3.05, 3.63) is 42.0 Å². The molecule has 116 valence electrons. The Bertz CT molecular complexity index is 432. The first kappa shape index (κ1) is 17.4. The number of hydrogen-bond donors (Lipinski definition) is 0. The molecule has 0 aliphatic rings. The molecule has 0 fully saturated rings. The average molecular weight is 289 g/mol. The van der Waals surface area contributed by atoms with Gasteiger partial charge in [-0.15, -0.1) is 0 Å². The van der Waals surface area contributed by atoms with Crippen molar-refractivity contribution in [2.75, 3.05) is 19.6 Å². The molecule has 0 spiro atoms. The number of quaternary nitrogens is 1. The van der Waals surface area contributed by atoms with E-state index in [1.54, 1.807) is 0 Å². The summed E-state index contributed by atoms with van der Waals surface area (Å²) in [5.41, 5.74) is 1.10. The molecule has 1 aromatic carbocycles. The number of hydrogen-bond acceptors (Lipinski definition) is 2. The molecule has 0 bridgehead atoms. The van der Waals surface area contributed by atoms with E-state index in [1.807, 2.05) is 42.5 Å². The third-order valence-electron chi connectivity index (χ3n) is 3.83. The Morgan fingerprint density at radius 1 is 1.10 bits per heavy atom. The maximum Gasteiger partial charge on any atom is 0.257 e. The van der Waals surface area contributed by atoms with Gasteiger partial charge in [0.2, 0.25) is 0 Å². The monoisotopic (exact) mass is 289 g/mol. The van der Waals surface area contributed by atoms with Crippen LogP contribution in [0.2, 0.25) is 0 Å². The fourth-order valence-electron chi connectivity index (χ4n) is 2.43. The first-order valence-electron chi connectivity index (χ1n) is 7.94. The van der Waals surface area contributed by atoms with E-state index in [0.717, 1.165) is 31.2 Å². The van der Waals surface area contributed by atoms with Crippen LogP contribution in [-0.4, -0.2) is 30.2 Å². The van der Waals surface area contributed by atoms with Gasteiger partial charge in [-0.2, -0.15) is 0 Å². The fourth-order valence-corrected chi connectivity index (χ4v) is 2.43. The van der Waals surface area contributed by atoms with Crippen LogP contribution in [0.15, 0.2) is 36.4 Å². The van der Waals surface area contributed by atoms with Crippen molar-refractivity contribution >= 4 is 12.2 Å². The molecule has 1 rings (SSSR count). The van der Waals surface area contributed by atoms with Crippen molar-refractivity contribution in [3.63, 3.8) is 0 Å². The molecule has 0 atom stereocenters. The molecule has 0 radical (unpaired) electrons. The van der Waals surface area contributed by atoms with E-state index in [1.165, 1.54) is 0 Å². The molecule has 0 N–H and O–H groups in total. The van der Waals surface area contributed by atoms with Gasteiger partial charge in [0.15, 0.2) is 0 Å². The molecule has 0 heterocycles. The van der Waals surface area contributed by atoms with Crippen LogP contribution in [-0.2, 0) is 0 Å². The molecule has 0 aliphatic heterocycles. The lowest BCUT2D eigenvalue weighted by atomic mass is 10.2. The molecule has 0 saturated carbocycles. The minimum atomic E-state index is -0.949. The highest BCUT2D eigenvalue weighted by atomic mass is 16.4. The lowest BCUT2D eigenvalue weighted by molar-refractivity contribution is -0.871. The second-order valence-corrected chi connectivity index (χ2v) is 5.56. The Morgan fingerprint density at radius 3 is 2.14 bits per heavy atom. The molecule has 21 heavy (non-hydrogen) atoms. The van der Waals surface area contributed by atoms with Gasteiger partial charge in [-0.3, -0.25) is 4.48 Å². The molecule has 0 aliphatic carbocycles. The van der Waals surface area contributed by atoms with Gasteiger partial charge >= 0.3 is 0 Å². The highest BCUT2D eigenvalue weighted by Gasteiger charge is 2.27. The third-order valence-corrected chi connectivity index (χ3v) is 3.83. The molecule has 0 saturated heterocycles. The van der Waals surface area contributed by atoms with Crippen LogP contribution in [0.3, 0.4) is 0 Å². The molecule has 3 nitrogen and oxygen atoms in total. The van der Waals surface area contributed by atoms with Crippen molar-refractivity contribution in [3.8, 4) is 0 Å². The molecular weight excluding hydrogens is 262 g/mol. The number of unbranched alkanes of at least 4 members (excludes halogenated alkanes) is 2. The first-order chi connectivity index (χ1) is 10.1. The molecule has 1 amide bonds. The van der Waals surface area contributed by atoms with Gasteiger partial charge in [0, 0.05) is 0 Å². The van der Waals surface area contributed by atoms with E-state index in [4.69, 9.17) is 0 Å². The van der Waals surface area contributed by atoms with E-state index in [2.05, 4.69) is 13.8 Å². The maximum atomic E-state index is 11.7. The number of rotatable bonds is 9. The third kappa shape index (κ3) is 5.72. The van der Waals surface area contributed by atoms with Crippen molar-refractivity contribution in [1.82, 2.24) is 0 Å². The Morgan fingerprint density at radius 2 is 1.67 bits per heavy atom. The van der Waals surface area contributed by atoms with Gasteiger partial charge in [0.25, 0.3) is 6.09 Å². The summed E-state index contributed by atoms with van der Waals surface area (Å²) in [4.78, 5) is 11.7. The fraction of sp³-hybridized carbons (Fsp3) is 0.500. The number of carbonyl (C=O) groups excluding carboxylic acids is 1.